The topological polar surface area (TPSA) is 107 Å². The predicted molar refractivity (Wildman–Crippen MR) is 105 cm³/mol. The molecule has 0 aliphatic carbocycles. The molecule has 0 aliphatic rings. The summed E-state index contributed by atoms with van der Waals surface area (Å²) in [6.45, 7) is 0. The number of hydrogen-bond donors (Lipinski definition) is 1. The number of hydrogen-bond acceptors (Lipinski definition) is 7. The van der Waals surface area contributed by atoms with Crippen LogP contribution in [-0.4, -0.2) is 40.3 Å². The molecule has 2 aromatic rings. The molecule has 0 saturated heterocycles. The van der Waals surface area contributed by atoms with Crippen molar-refractivity contribution >= 4 is 18.0 Å². The summed E-state index contributed by atoms with van der Waals surface area (Å²) in [5.41, 5.74) is 0.794. The molecule has 8 nitrogen and oxygen atoms in total. The number of nitrogens with zero attached hydrogens (tertiary/aromatic N) is 1. The zero-order valence-electron chi connectivity index (χ0n) is 16.4. The number of carbonyl (C=O) groups is 2. The van der Waals surface area contributed by atoms with Crippen LogP contribution in [0.4, 0.5) is 0 Å². The Hall–Kier alpha value is -3.99. The van der Waals surface area contributed by atoms with Crippen LogP contribution >= 0.6 is 0 Å². The van der Waals surface area contributed by atoms with E-state index in [0.29, 0.717) is 28.6 Å². The van der Waals surface area contributed by atoms with E-state index in [2.05, 4.69) is 5.32 Å². The van der Waals surface area contributed by atoms with Crippen molar-refractivity contribution in [3.63, 3.8) is 0 Å². The van der Waals surface area contributed by atoms with E-state index in [9.17, 15) is 9.59 Å². The summed E-state index contributed by atoms with van der Waals surface area (Å²) in [7, 11) is 5.81. The Balaban J connectivity index is 2.23. The van der Waals surface area contributed by atoms with Gasteiger partial charge in [0.05, 0.1) is 26.9 Å². The zero-order chi connectivity index (χ0) is 21.4. The van der Waals surface area contributed by atoms with Crippen LogP contribution in [-0.2, 0) is 4.79 Å². The summed E-state index contributed by atoms with van der Waals surface area (Å²) in [6, 6.07) is 11.2. The van der Waals surface area contributed by atoms with Crippen molar-refractivity contribution in [1.29, 1.82) is 5.26 Å². The molecule has 0 unspecified atom stereocenters. The van der Waals surface area contributed by atoms with E-state index in [1.807, 2.05) is 6.07 Å². The first kappa shape index (κ1) is 21.3. The number of nitrogens with one attached hydrogen (secondary N) is 1. The predicted octanol–water partition coefficient (Wildman–Crippen LogP) is 2.58. The highest BCUT2D eigenvalue weighted by atomic mass is 16.5. The van der Waals surface area contributed by atoms with Gasteiger partial charge in [-0.15, -0.1) is 0 Å². The molecule has 2 rings (SSSR count). The van der Waals surface area contributed by atoms with E-state index in [4.69, 9.17) is 24.2 Å². The molecule has 2 aromatic carbocycles. The summed E-state index contributed by atoms with van der Waals surface area (Å²) in [5, 5.41) is 11.4. The van der Waals surface area contributed by atoms with Crippen LogP contribution in [0.5, 0.6) is 23.0 Å². The van der Waals surface area contributed by atoms with Crippen LogP contribution in [0.1, 0.15) is 15.9 Å². The van der Waals surface area contributed by atoms with Gasteiger partial charge in [-0.05, 0) is 35.9 Å². The SMILES string of the molecule is CNC(=O)/C(C#N)=C/c1ccc(OC(=O)c2cc(OC)c(OC)c(OC)c2)cc1. The average molecular weight is 396 g/mol. The van der Waals surface area contributed by atoms with E-state index in [0.717, 1.165) is 0 Å². The first-order chi connectivity index (χ1) is 14.0. The Kier molecular flexibility index (Phi) is 7.20. The van der Waals surface area contributed by atoms with Crippen LogP contribution < -0.4 is 24.3 Å². The number of nitriles is 1. The zero-order valence-corrected chi connectivity index (χ0v) is 16.4. The number of esters is 1. The molecule has 150 valence electrons. The van der Waals surface area contributed by atoms with E-state index in [1.165, 1.54) is 46.6 Å². The molecule has 0 fully saturated rings. The average Bonchev–Trinajstić information content (AvgIpc) is 2.76. The molecule has 1 amide bonds. The molecular formula is C21H20N2O6. The number of methoxy groups -OCH3 is 3. The summed E-state index contributed by atoms with van der Waals surface area (Å²) in [5.74, 6) is 0.225. The highest BCUT2D eigenvalue weighted by molar-refractivity contribution is 6.01. The van der Waals surface area contributed by atoms with Gasteiger partial charge in [0.2, 0.25) is 5.75 Å². The van der Waals surface area contributed by atoms with Crippen molar-refractivity contribution in [2.24, 2.45) is 0 Å². The van der Waals surface area contributed by atoms with Gasteiger partial charge < -0.3 is 24.3 Å². The first-order valence-electron chi connectivity index (χ1n) is 8.43. The Labute approximate surface area is 168 Å². The Morgan fingerprint density at radius 2 is 1.59 bits per heavy atom. The van der Waals surface area contributed by atoms with Crippen LogP contribution in [0, 0.1) is 11.3 Å². The second-order valence-electron chi connectivity index (χ2n) is 5.62. The second-order valence-corrected chi connectivity index (χ2v) is 5.62. The highest BCUT2D eigenvalue weighted by Gasteiger charge is 2.18. The minimum Gasteiger partial charge on any atom is -0.493 e. The van der Waals surface area contributed by atoms with Crippen molar-refractivity contribution in [3.8, 4) is 29.1 Å². The normalized spacial score (nSPS) is 10.5. The van der Waals surface area contributed by atoms with Gasteiger partial charge in [-0.2, -0.15) is 5.26 Å². The number of amides is 1. The lowest BCUT2D eigenvalue weighted by atomic mass is 10.1. The number of ether oxygens (including phenoxy) is 4. The van der Waals surface area contributed by atoms with E-state index < -0.39 is 11.9 Å². The van der Waals surface area contributed by atoms with Gasteiger partial charge in [0.25, 0.3) is 5.91 Å². The van der Waals surface area contributed by atoms with Crippen molar-refractivity contribution in [1.82, 2.24) is 5.32 Å². The first-order valence-corrected chi connectivity index (χ1v) is 8.43. The molecule has 0 radical (unpaired) electrons. The third kappa shape index (κ3) is 5.05. The highest BCUT2D eigenvalue weighted by Crippen LogP contribution is 2.38. The molecule has 0 heterocycles. The van der Waals surface area contributed by atoms with Crippen LogP contribution in [0.15, 0.2) is 42.0 Å². The summed E-state index contributed by atoms with van der Waals surface area (Å²) < 4.78 is 21.1. The monoisotopic (exact) mass is 396 g/mol. The maximum absolute atomic E-state index is 12.5. The Morgan fingerprint density at radius 1 is 1.00 bits per heavy atom. The van der Waals surface area contributed by atoms with Crippen molar-refractivity contribution < 1.29 is 28.5 Å². The molecule has 29 heavy (non-hydrogen) atoms. The van der Waals surface area contributed by atoms with Crippen molar-refractivity contribution in [3.05, 3.63) is 53.1 Å². The van der Waals surface area contributed by atoms with Gasteiger partial charge in [-0.3, -0.25) is 4.79 Å². The lowest BCUT2D eigenvalue weighted by Crippen LogP contribution is -2.19. The molecule has 0 aliphatic heterocycles. The van der Waals surface area contributed by atoms with Gasteiger partial charge >= 0.3 is 5.97 Å². The smallest absolute Gasteiger partial charge is 0.343 e. The van der Waals surface area contributed by atoms with Crippen LogP contribution in [0.25, 0.3) is 6.08 Å². The lowest BCUT2D eigenvalue weighted by molar-refractivity contribution is -0.116. The van der Waals surface area contributed by atoms with Gasteiger partial charge in [0, 0.05) is 7.05 Å². The van der Waals surface area contributed by atoms with E-state index in [-0.39, 0.29) is 11.1 Å². The van der Waals surface area contributed by atoms with Crippen LogP contribution in [0.3, 0.4) is 0 Å². The number of benzene rings is 2. The van der Waals surface area contributed by atoms with Crippen LogP contribution in [0.2, 0.25) is 0 Å². The van der Waals surface area contributed by atoms with Gasteiger partial charge in [0.15, 0.2) is 11.5 Å². The Morgan fingerprint density at radius 3 is 2.03 bits per heavy atom. The minimum absolute atomic E-state index is 0.0327. The van der Waals surface area contributed by atoms with Gasteiger partial charge in [-0.1, -0.05) is 12.1 Å². The summed E-state index contributed by atoms with van der Waals surface area (Å²) in [4.78, 5) is 24.1. The molecule has 0 saturated carbocycles. The third-order valence-corrected chi connectivity index (χ3v) is 3.89. The quantitative estimate of drug-likeness (QED) is 0.332. The largest absolute Gasteiger partial charge is 0.493 e. The fourth-order valence-corrected chi connectivity index (χ4v) is 2.45. The van der Waals surface area contributed by atoms with Gasteiger partial charge in [-0.25, -0.2) is 4.79 Å². The minimum atomic E-state index is -0.615. The third-order valence-electron chi connectivity index (χ3n) is 3.89. The molecule has 1 N–H and O–H groups in total. The molecule has 0 atom stereocenters. The molecule has 0 aromatic heterocycles. The van der Waals surface area contributed by atoms with Crippen molar-refractivity contribution in [2.45, 2.75) is 0 Å². The number of likely N-dealkylation sites (N-methyl/N-ethyl adjacent to an activating group) is 1. The second kappa shape index (κ2) is 9.80. The number of rotatable bonds is 7. The summed E-state index contributed by atoms with van der Waals surface area (Å²) >= 11 is 0. The fraction of sp³-hybridized carbons (Fsp3) is 0.190. The standard InChI is InChI=1S/C21H20N2O6/c1-23-20(24)15(12-22)9-13-5-7-16(8-6-13)29-21(25)14-10-17(26-2)19(28-4)18(11-14)27-3/h5-11H,1-4H3,(H,23,24)/b15-9+. The Bertz CT molecular complexity index is 949. The van der Waals surface area contributed by atoms with E-state index in [1.54, 1.807) is 24.3 Å². The van der Waals surface area contributed by atoms with E-state index >= 15 is 0 Å². The molecule has 8 heteroatoms. The lowest BCUT2D eigenvalue weighted by Gasteiger charge is -2.13. The molecular weight excluding hydrogens is 376 g/mol. The maximum atomic E-state index is 12.5. The maximum Gasteiger partial charge on any atom is 0.343 e. The van der Waals surface area contributed by atoms with Crippen molar-refractivity contribution in [2.75, 3.05) is 28.4 Å². The molecule has 0 spiro atoms. The molecule has 0 bridgehead atoms. The van der Waals surface area contributed by atoms with Gasteiger partial charge in [0.1, 0.15) is 17.4 Å². The fourth-order valence-electron chi connectivity index (χ4n) is 2.45. The number of carbonyl (C=O) groups excluding carboxylic acids is 2. The summed E-state index contributed by atoms with van der Waals surface area (Å²) in [6.07, 6.45) is 1.43.